The molecule has 18 heavy (non-hydrogen) atoms. The zero-order valence-corrected chi connectivity index (χ0v) is 10.7. The second-order valence-corrected chi connectivity index (χ2v) is 4.82. The topological polar surface area (TPSA) is 58.5 Å². The highest BCUT2D eigenvalue weighted by molar-refractivity contribution is 5.08. The molecular weight excluding hydrogens is 226 g/mol. The first kappa shape index (κ1) is 11.5. The summed E-state index contributed by atoms with van der Waals surface area (Å²) in [5.74, 6) is 2.11. The maximum absolute atomic E-state index is 4.53. The molecule has 2 aromatic heterocycles. The summed E-state index contributed by atoms with van der Waals surface area (Å²) in [5, 5.41) is 8.11. The third kappa shape index (κ3) is 2.31. The third-order valence-electron chi connectivity index (χ3n) is 3.48. The molecule has 0 aromatic carbocycles. The van der Waals surface area contributed by atoms with E-state index >= 15 is 0 Å². The van der Waals surface area contributed by atoms with E-state index in [1.54, 1.807) is 0 Å². The lowest BCUT2D eigenvalue weighted by molar-refractivity contribution is 0.357. The van der Waals surface area contributed by atoms with E-state index in [9.17, 15) is 0 Å². The zero-order valence-electron chi connectivity index (χ0n) is 10.7. The Hall–Kier alpha value is -1.62. The van der Waals surface area contributed by atoms with E-state index in [0.717, 1.165) is 44.0 Å². The van der Waals surface area contributed by atoms with Crippen LogP contribution in [-0.4, -0.2) is 25.8 Å². The van der Waals surface area contributed by atoms with Gasteiger partial charge < -0.3 is 10.3 Å². The number of aromatic amines is 1. The molecule has 1 unspecified atom stereocenters. The summed E-state index contributed by atoms with van der Waals surface area (Å²) in [6.07, 6.45) is 7.08. The van der Waals surface area contributed by atoms with Gasteiger partial charge in [0.25, 0.3) is 0 Å². The van der Waals surface area contributed by atoms with Crippen LogP contribution in [0.1, 0.15) is 30.6 Å². The van der Waals surface area contributed by atoms with E-state index in [1.807, 2.05) is 12.4 Å². The van der Waals surface area contributed by atoms with Gasteiger partial charge in [-0.3, -0.25) is 0 Å². The lowest BCUT2D eigenvalue weighted by atomic mass is 10.1. The number of rotatable bonds is 4. The Labute approximate surface area is 107 Å². The summed E-state index contributed by atoms with van der Waals surface area (Å²) in [4.78, 5) is 7.61. The summed E-state index contributed by atoms with van der Waals surface area (Å²) in [5.41, 5.74) is 1.30. The van der Waals surface area contributed by atoms with Crippen molar-refractivity contribution >= 4 is 0 Å². The number of nitrogens with zero attached hydrogens (tertiary/aromatic N) is 3. The molecule has 1 aliphatic heterocycles. The Kier molecular flexibility index (Phi) is 3.15. The minimum absolute atomic E-state index is 0.499. The quantitative estimate of drug-likeness (QED) is 0.853. The van der Waals surface area contributed by atoms with Gasteiger partial charge in [-0.25, -0.2) is 9.67 Å². The lowest BCUT2D eigenvalue weighted by Gasteiger charge is -2.23. The van der Waals surface area contributed by atoms with Gasteiger partial charge in [0.15, 0.2) is 5.82 Å². The summed E-state index contributed by atoms with van der Waals surface area (Å²) < 4.78 is 2.07. The Balaban J connectivity index is 1.60. The molecule has 0 saturated heterocycles. The molecule has 0 aliphatic carbocycles. The van der Waals surface area contributed by atoms with Gasteiger partial charge in [-0.2, -0.15) is 5.10 Å². The van der Waals surface area contributed by atoms with Crippen LogP contribution < -0.4 is 5.32 Å². The van der Waals surface area contributed by atoms with Crippen molar-refractivity contribution in [1.82, 2.24) is 25.1 Å². The fraction of sp³-hybridized carbons (Fsp3) is 0.538. The highest BCUT2D eigenvalue weighted by Crippen LogP contribution is 2.13. The molecule has 2 N–H and O–H groups in total. The average Bonchev–Trinajstić information content (AvgIpc) is 3.04. The van der Waals surface area contributed by atoms with Gasteiger partial charge in [0, 0.05) is 37.8 Å². The maximum atomic E-state index is 4.53. The number of hydrogen-bond acceptors (Lipinski definition) is 3. The predicted octanol–water partition coefficient (Wildman–Crippen LogP) is 1.27. The van der Waals surface area contributed by atoms with Gasteiger partial charge in [-0.15, -0.1) is 0 Å². The molecule has 1 aliphatic rings. The average molecular weight is 245 g/mol. The first-order valence-electron chi connectivity index (χ1n) is 6.63. The van der Waals surface area contributed by atoms with Crippen molar-refractivity contribution in [3.63, 3.8) is 0 Å². The van der Waals surface area contributed by atoms with Crippen LogP contribution in [0.5, 0.6) is 0 Å². The van der Waals surface area contributed by atoms with Crippen molar-refractivity contribution in [3.8, 4) is 0 Å². The van der Waals surface area contributed by atoms with E-state index in [0.29, 0.717) is 6.04 Å². The molecule has 0 saturated carbocycles. The third-order valence-corrected chi connectivity index (χ3v) is 3.48. The number of aromatic nitrogens is 4. The maximum Gasteiger partial charge on any atom is 0.150 e. The van der Waals surface area contributed by atoms with Crippen molar-refractivity contribution in [1.29, 1.82) is 0 Å². The number of nitrogens with one attached hydrogen (secondary N) is 2. The summed E-state index contributed by atoms with van der Waals surface area (Å²) in [6.45, 7) is 3.95. The molecule has 1 atom stereocenters. The molecule has 5 heteroatoms. The largest absolute Gasteiger partial charge is 0.367 e. The molecule has 3 rings (SSSR count). The Morgan fingerprint density at radius 1 is 1.56 bits per heavy atom. The van der Waals surface area contributed by atoms with Gasteiger partial charge in [0.2, 0.25) is 0 Å². The number of aryl methyl sites for hydroxylation is 2. The van der Waals surface area contributed by atoms with Crippen molar-refractivity contribution in [2.45, 2.75) is 45.3 Å². The monoisotopic (exact) mass is 245 g/mol. The van der Waals surface area contributed by atoms with Crippen LogP contribution in [0.15, 0.2) is 18.5 Å². The number of H-pyrrole nitrogens is 1. The highest BCUT2D eigenvalue weighted by atomic mass is 15.4. The van der Waals surface area contributed by atoms with Crippen molar-refractivity contribution in [2.75, 3.05) is 0 Å². The fourth-order valence-electron chi connectivity index (χ4n) is 2.41. The Morgan fingerprint density at radius 3 is 3.28 bits per heavy atom. The highest BCUT2D eigenvalue weighted by Gasteiger charge is 2.20. The zero-order chi connectivity index (χ0) is 12.4. The number of hydrogen-bond donors (Lipinski definition) is 2. The SMILES string of the molecule is CCc1nc2n(n1)CC(NCc1cc[nH]c1)CC2. The Morgan fingerprint density at radius 2 is 2.50 bits per heavy atom. The van der Waals surface area contributed by atoms with Crippen LogP contribution >= 0.6 is 0 Å². The van der Waals surface area contributed by atoms with Gasteiger partial charge in [0.1, 0.15) is 5.82 Å². The van der Waals surface area contributed by atoms with Gasteiger partial charge in [-0.1, -0.05) is 6.92 Å². The normalized spacial score (nSPS) is 18.8. The van der Waals surface area contributed by atoms with E-state index in [-0.39, 0.29) is 0 Å². The molecule has 5 nitrogen and oxygen atoms in total. The molecule has 0 amide bonds. The summed E-state index contributed by atoms with van der Waals surface area (Å²) >= 11 is 0. The van der Waals surface area contributed by atoms with E-state index < -0.39 is 0 Å². The minimum Gasteiger partial charge on any atom is -0.367 e. The molecule has 0 bridgehead atoms. The first-order valence-corrected chi connectivity index (χ1v) is 6.63. The van der Waals surface area contributed by atoms with Gasteiger partial charge in [0.05, 0.1) is 6.54 Å². The number of fused-ring (bicyclic) bond motifs is 1. The molecule has 0 spiro atoms. The van der Waals surface area contributed by atoms with Crippen molar-refractivity contribution in [2.24, 2.45) is 0 Å². The Bertz CT molecular complexity index is 499. The molecule has 0 radical (unpaired) electrons. The second kappa shape index (κ2) is 4.94. The van der Waals surface area contributed by atoms with Gasteiger partial charge in [-0.05, 0) is 18.1 Å². The van der Waals surface area contributed by atoms with Crippen LogP contribution in [0.4, 0.5) is 0 Å². The van der Waals surface area contributed by atoms with Crippen LogP contribution in [0, 0.1) is 0 Å². The smallest absolute Gasteiger partial charge is 0.150 e. The van der Waals surface area contributed by atoms with Crippen LogP contribution in [0.25, 0.3) is 0 Å². The van der Waals surface area contributed by atoms with Crippen molar-refractivity contribution in [3.05, 3.63) is 35.7 Å². The molecule has 2 aromatic rings. The van der Waals surface area contributed by atoms with Crippen molar-refractivity contribution < 1.29 is 0 Å². The van der Waals surface area contributed by atoms with Crippen LogP contribution in [0.2, 0.25) is 0 Å². The van der Waals surface area contributed by atoms with Crippen LogP contribution in [0.3, 0.4) is 0 Å². The molecule has 0 fully saturated rings. The van der Waals surface area contributed by atoms with E-state index in [2.05, 4.69) is 38.1 Å². The van der Waals surface area contributed by atoms with Gasteiger partial charge >= 0.3 is 0 Å². The van der Waals surface area contributed by atoms with E-state index in [4.69, 9.17) is 0 Å². The fourth-order valence-corrected chi connectivity index (χ4v) is 2.41. The van der Waals surface area contributed by atoms with Crippen LogP contribution in [-0.2, 0) is 25.9 Å². The first-order chi connectivity index (χ1) is 8.85. The molecule has 96 valence electrons. The van der Waals surface area contributed by atoms with E-state index in [1.165, 1.54) is 5.56 Å². The standard InChI is InChI=1S/C13H19N5/c1-2-12-16-13-4-3-11(9-18(13)17-12)15-8-10-5-6-14-7-10/h5-7,11,14-15H,2-4,8-9H2,1H3. The lowest BCUT2D eigenvalue weighted by Crippen LogP contribution is -2.37. The minimum atomic E-state index is 0.499. The molecule has 3 heterocycles. The molecular formula is C13H19N5. The second-order valence-electron chi connectivity index (χ2n) is 4.82. The summed E-state index contributed by atoms with van der Waals surface area (Å²) in [6, 6.07) is 2.60. The predicted molar refractivity (Wildman–Crippen MR) is 69.1 cm³/mol. The summed E-state index contributed by atoms with van der Waals surface area (Å²) in [7, 11) is 0.